The Bertz CT molecular complexity index is 293. The first-order valence-electron chi connectivity index (χ1n) is 3.96. The van der Waals surface area contributed by atoms with Crippen molar-refractivity contribution in [2.24, 2.45) is 0 Å². The van der Waals surface area contributed by atoms with Crippen molar-refractivity contribution in [2.45, 2.75) is 6.54 Å². The molecule has 0 radical (unpaired) electrons. The van der Waals surface area contributed by atoms with E-state index in [4.69, 9.17) is 5.11 Å². The number of nitrogens with one attached hydrogen (secondary N) is 1. The van der Waals surface area contributed by atoms with Crippen LogP contribution < -0.4 is 5.32 Å². The minimum absolute atomic E-state index is 0.643. The second-order valence-corrected chi connectivity index (χ2v) is 2.54. The minimum atomic E-state index is -0.944. The number of hydrogen-bond acceptors (Lipinski definition) is 2. The molecule has 0 saturated carbocycles. The van der Waals surface area contributed by atoms with Gasteiger partial charge in [0, 0.05) is 18.8 Å². The third-order valence-electron chi connectivity index (χ3n) is 1.49. The molecule has 2 N–H and O–H groups in total. The van der Waals surface area contributed by atoms with Crippen LogP contribution >= 0.6 is 0 Å². The lowest BCUT2D eigenvalue weighted by molar-refractivity contribution is -0.131. The van der Waals surface area contributed by atoms with Crippen LogP contribution in [0.15, 0.2) is 42.6 Å². The molecule has 13 heavy (non-hydrogen) atoms. The van der Waals surface area contributed by atoms with Crippen molar-refractivity contribution < 1.29 is 9.90 Å². The topological polar surface area (TPSA) is 49.3 Å². The van der Waals surface area contributed by atoms with E-state index in [1.165, 1.54) is 6.20 Å². The van der Waals surface area contributed by atoms with Gasteiger partial charge in [-0.2, -0.15) is 0 Å². The predicted molar refractivity (Wildman–Crippen MR) is 50.1 cm³/mol. The Balaban J connectivity index is 2.32. The Morgan fingerprint density at radius 1 is 1.38 bits per heavy atom. The molecule has 68 valence electrons. The Hall–Kier alpha value is -1.77. The second kappa shape index (κ2) is 4.98. The van der Waals surface area contributed by atoms with Crippen LogP contribution in [0.5, 0.6) is 0 Å². The molecule has 3 heteroatoms. The number of carbonyl (C=O) groups is 1. The fourth-order valence-corrected chi connectivity index (χ4v) is 0.903. The van der Waals surface area contributed by atoms with E-state index in [0.717, 1.165) is 11.6 Å². The monoisotopic (exact) mass is 177 g/mol. The maximum absolute atomic E-state index is 10.1. The van der Waals surface area contributed by atoms with Crippen molar-refractivity contribution in [3.63, 3.8) is 0 Å². The Labute approximate surface area is 76.7 Å². The summed E-state index contributed by atoms with van der Waals surface area (Å²) >= 11 is 0. The highest BCUT2D eigenvalue weighted by atomic mass is 16.4. The average molecular weight is 177 g/mol. The average Bonchev–Trinajstić information content (AvgIpc) is 2.14. The van der Waals surface area contributed by atoms with Crippen LogP contribution in [0.1, 0.15) is 5.56 Å². The summed E-state index contributed by atoms with van der Waals surface area (Å²) in [5.74, 6) is -0.944. The van der Waals surface area contributed by atoms with Crippen LogP contribution in [0.4, 0.5) is 0 Å². The van der Waals surface area contributed by atoms with Gasteiger partial charge in [0.15, 0.2) is 0 Å². The van der Waals surface area contributed by atoms with Crippen LogP contribution in [0.3, 0.4) is 0 Å². The molecule has 0 aliphatic heterocycles. The standard InChI is InChI=1S/C10H11NO2/c12-10(13)6-7-11-8-9-4-2-1-3-5-9/h1-7,11H,8H2,(H,12,13). The molecule has 3 nitrogen and oxygen atoms in total. The van der Waals surface area contributed by atoms with Gasteiger partial charge < -0.3 is 10.4 Å². The van der Waals surface area contributed by atoms with Crippen LogP contribution in [-0.2, 0) is 11.3 Å². The smallest absolute Gasteiger partial charge is 0.329 e. The maximum atomic E-state index is 10.1. The van der Waals surface area contributed by atoms with Gasteiger partial charge in [0.2, 0.25) is 0 Å². The third kappa shape index (κ3) is 3.96. The van der Waals surface area contributed by atoms with Crippen LogP contribution in [-0.4, -0.2) is 11.1 Å². The zero-order chi connectivity index (χ0) is 9.52. The summed E-state index contributed by atoms with van der Waals surface area (Å²) in [5, 5.41) is 11.2. The lowest BCUT2D eigenvalue weighted by atomic mass is 10.2. The molecule has 0 saturated heterocycles. The molecule has 1 rings (SSSR count). The van der Waals surface area contributed by atoms with Crippen LogP contribution in [0.25, 0.3) is 0 Å². The SMILES string of the molecule is O=C(O)C=CNCc1ccccc1. The van der Waals surface area contributed by atoms with E-state index >= 15 is 0 Å². The van der Waals surface area contributed by atoms with Crippen molar-refractivity contribution in [3.05, 3.63) is 48.2 Å². The van der Waals surface area contributed by atoms with E-state index < -0.39 is 5.97 Å². The highest BCUT2D eigenvalue weighted by molar-refractivity contribution is 5.79. The number of carboxylic acid groups (broad SMARTS) is 1. The molecule has 0 aliphatic rings. The Morgan fingerprint density at radius 2 is 2.08 bits per heavy atom. The summed E-state index contributed by atoms with van der Waals surface area (Å²) in [6.45, 7) is 0.643. The molecule has 0 aromatic heterocycles. The van der Waals surface area contributed by atoms with Gasteiger partial charge in [-0.3, -0.25) is 0 Å². The minimum Gasteiger partial charge on any atom is -0.478 e. The second-order valence-electron chi connectivity index (χ2n) is 2.54. The van der Waals surface area contributed by atoms with Gasteiger partial charge in [0.1, 0.15) is 0 Å². The summed E-state index contributed by atoms with van der Waals surface area (Å²) in [6, 6.07) is 9.77. The summed E-state index contributed by atoms with van der Waals surface area (Å²) in [5.41, 5.74) is 1.12. The zero-order valence-corrected chi connectivity index (χ0v) is 7.10. The number of hydrogen-bond donors (Lipinski definition) is 2. The molecule has 0 fully saturated rings. The summed E-state index contributed by atoms with van der Waals surface area (Å²) in [7, 11) is 0. The van der Waals surface area contributed by atoms with Gasteiger partial charge >= 0.3 is 5.97 Å². The summed E-state index contributed by atoms with van der Waals surface area (Å²) in [6.07, 6.45) is 2.50. The van der Waals surface area contributed by atoms with E-state index in [9.17, 15) is 4.79 Å². The van der Waals surface area contributed by atoms with Gasteiger partial charge in [0.05, 0.1) is 0 Å². The molecule has 0 bridgehead atoms. The van der Waals surface area contributed by atoms with Gasteiger partial charge in [0.25, 0.3) is 0 Å². The summed E-state index contributed by atoms with van der Waals surface area (Å²) < 4.78 is 0. The normalized spacial score (nSPS) is 10.2. The molecule has 0 spiro atoms. The van der Waals surface area contributed by atoms with Crippen molar-refractivity contribution in [1.29, 1.82) is 0 Å². The van der Waals surface area contributed by atoms with Gasteiger partial charge in [-0.25, -0.2) is 4.79 Å². The fourth-order valence-electron chi connectivity index (χ4n) is 0.903. The molecule has 0 unspecified atom stereocenters. The lowest BCUT2D eigenvalue weighted by Crippen LogP contribution is -2.05. The highest BCUT2D eigenvalue weighted by Crippen LogP contribution is 1.96. The number of aliphatic carboxylic acids is 1. The van der Waals surface area contributed by atoms with Gasteiger partial charge in [-0.1, -0.05) is 30.3 Å². The molecule has 0 aliphatic carbocycles. The third-order valence-corrected chi connectivity index (χ3v) is 1.49. The molecule has 0 atom stereocenters. The first-order valence-corrected chi connectivity index (χ1v) is 3.96. The number of rotatable bonds is 4. The quantitative estimate of drug-likeness (QED) is 0.683. The molecule has 1 aromatic carbocycles. The van der Waals surface area contributed by atoms with Gasteiger partial charge in [-0.15, -0.1) is 0 Å². The van der Waals surface area contributed by atoms with E-state index in [2.05, 4.69) is 5.32 Å². The van der Waals surface area contributed by atoms with Crippen molar-refractivity contribution in [3.8, 4) is 0 Å². The molecular weight excluding hydrogens is 166 g/mol. The Kier molecular flexibility index (Phi) is 3.57. The molecule has 0 amide bonds. The maximum Gasteiger partial charge on any atom is 0.329 e. The molecule has 0 heterocycles. The first kappa shape index (κ1) is 9.32. The van der Waals surface area contributed by atoms with Gasteiger partial charge in [-0.05, 0) is 5.56 Å². The van der Waals surface area contributed by atoms with Crippen molar-refractivity contribution in [2.75, 3.05) is 0 Å². The molecular formula is C10H11NO2. The Morgan fingerprint density at radius 3 is 2.69 bits per heavy atom. The van der Waals surface area contributed by atoms with E-state index in [1.54, 1.807) is 0 Å². The van der Waals surface area contributed by atoms with Crippen LogP contribution in [0, 0.1) is 0 Å². The van der Waals surface area contributed by atoms with Crippen molar-refractivity contribution >= 4 is 5.97 Å². The predicted octanol–water partition coefficient (Wildman–Crippen LogP) is 1.37. The fraction of sp³-hybridized carbons (Fsp3) is 0.100. The van der Waals surface area contributed by atoms with E-state index in [-0.39, 0.29) is 0 Å². The number of carboxylic acids is 1. The lowest BCUT2D eigenvalue weighted by Gasteiger charge is -1.99. The van der Waals surface area contributed by atoms with E-state index in [0.29, 0.717) is 6.54 Å². The molecule has 1 aromatic rings. The largest absolute Gasteiger partial charge is 0.478 e. The zero-order valence-electron chi connectivity index (χ0n) is 7.10. The summed E-state index contributed by atoms with van der Waals surface area (Å²) in [4.78, 5) is 10.1. The highest BCUT2D eigenvalue weighted by Gasteiger charge is 1.87. The number of benzene rings is 1. The van der Waals surface area contributed by atoms with Crippen LogP contribution in [0.2, 0.25) is 0 Å². The first-order chi connectivity index (χ1) is 6.29. The van der Waals surface area contributed by atoms with E-state index in [1.807, 2.05) is 30.3 Å². The van der Waals surface area contributed by atoms with Crippen molar-refractivity contribution in [1.82, 2.24) is 5.32 Å².